The third-order valence-electron chi connectivity index (χ3n) is 3.98. The second-order valence-electron chi connectivity index (χ2n) is 5.08. The zero-order valence-corrected chi connectivity index (χ0v) is 11.4. The van der Waals surface area contributed by atoms with Crippen molar-refractivity contribution >= 4 is 0 Å². The number of ether oxygens (including phenoxy) is 1. The molecule has 3 heteroatoms. The molecule has 0 spiro atoms. The van der Waals surface area contributed by atoms with E-state index in [0.29, 0.717) is 12.6 Å². The molecule has 0 bridgehead atoms. The van der Waals surface area contributed by atoms with Crippen LogP contribution in [0.3, 0.4) is 0 Å². The first-order chi connectivity index (χ1) is 8.77. The number of nitrogens with zero attached hydrogens (tertiary/aromatic N) is 1. The third-order valence-corrected chi connectivity index (χ3v) is 3.98. The van der Waals surface area contributed by atoms with Gasteiger partial charge in [0.2, 0.25) is 0 Å². The number of likely N-dealkylation sites (tertiary alicyclic amines) is 1. The molecule has 2 unspecified atom stereocenters. The molecule has 18 heavy (non-hydrogen) atoms. The van der Waals surface area contributed by atoms with Gasteiger partial charge in [-0.3, -0.25) is 4.90 Å². The van der Waals surface area contributed by atoms with E-state index >= 15 is 0 Å². The summed E-state index contributed by atoms with van der Waals surface area (Å²) in [5.41, 5.74) is 7.24. The van der Waals surface area contributed by atoms with Crippen LogP contribution in [0.15, 0.2) is 24.3 Å². The van der Waals surface area contributed by atoms with Gasteiger partial charge in [0.05, 0.1) is 13.2 Å². The van der Waals surface area contributed by atoms with Crippen molar-refractivity contribution in [3.63, 3.8) is 0 Å². The minimum absolute atomic E-state index is 0.274. The van der Waals surface area contributed by atoms with E-state index in [-0.39, 0.29) is 6.04 Å². The van der Waals surface area contributed by atoms with Crippen LogP contribution in [0.4, 0.5) is 0 Å². The van der Waals surface area contributed by atoms with Crippen LogP contribution in [-0.4, -0.2) is 31.1 Å². The lowest BCUT2D eigenvalue weighted by atomic mass is 9.96. The molecule has 100 valence electrons. The summed E-state index contributed by atoms with van der Waals surface area (Å²) in [5, 5.41) is 0. The highest BCUT2D eigenvalue weighted by Crippen LogP contribution is 2.32. The molecule has 1 saturated heterocycles. The Morgan fingerprint density at radius 2 is 2.17 bits per heavy atom. The first kappa shape index (κ1) is 13.4. The van der Waals surface area contributed by atoms with Gasteiger partial charge in [-0.2, -0.15) is 0 Å². The molecule has 0 amide bonds. The standard InChI is InChI=1S/C15H24N2O/c1-12-7-5-6-10-17(12)14(11-16)13-8-3-4-9-15(13)18-2/h3-4,8-9,12,14H,5-7,10-11,16H2,1-2H3. The number of hydrogen-bond acceptors (Lipinski definition) is 3. The summed E-state index contributed by atoms with van der Waals surface area (Å²) < 4.78 is 5.47. The highest BCUT2D eigenvalue weighted by molar-refractivity contribution is 5.36. The van der Waals surface area contributed by atoms with Crippen molar-refractivity contribution in [2.24, 2.45) is 5.73 Å². The number of hydrogen-bond donors (Lipinski definition) is 1. The van der Waals surface area contributed by atoms with Gasteiger partial charge in [0.1, 0.15) is 5.75 Å². The highest BCUT2D eigenvalue weighted by atomic mass is 16.5. The summed E-state index contributed by atoms with van der Waals surface area (Å²) in [7, 11) is 1.73. The smallest absolute Gasteiger partial charge is 0.123 e. The van der Waals surface area contributed by atoms with Crippen LogP contribution in [0.1, 0.15) is 37.8 Å². The lowest BCUT2D eigenvalue weighted by molar-refractivity contribution is 0.107. The number of piperidine rings is 1. The van der Waals surface area contributed by atoms with Gasteiger partial charge in [-0.1, -0.05) is 24.6 Å². The molecule has 0 aromatic heterocycles. The largest absolute Gasteiger partial charge is 0.496 e. The number of benzene rings is 1. The normalized spacial score (nSPS) is 22.7. The fraction of sp³-hybridized carbons (Fsp3) is 0.600. The summed E-state index contributed by atoms with van der Waals surface area (Å²) in [6.07, 6.45) is 3.88. The molecule has 3 nitrogen and oxygen atoms in total. The Bertz CT molecular complexity index is 381. The highest BCUT2D eigenvalue weighted by Gasteiger charge is 2.27. The van der Waals surface area contributed by atoms with Gasteiger partial charge in [0.25, 0.3) is 0 Å². The minimum Gasteiger partial charge on any atom is -0.496 e. The Morgan fingerprint density at radius 1 is 1.39 bits per heavy atom. The van der Waals surface area contributed by atoms with E-state index in [9.17, 15) is 0 Å². The number of methoxy groups -OCH3 is 1. The molecule has 1 aromatic carbocycles. The maximum Gasteiger partial charge on any atom is 0.123 e. The van der Waals surface area contributed by atoms with Crippen LogP contribution in [0.2, 0.25) is 0 Å². The van der Waals surface area contributed by atoms with E-state index in [0.717, 1.165) is 12.3 Å². The van der Waals surface area contributed by atoms with E-state index in [2.05, 4.69) is 24.0 Å². The minimum atomic E-state index is 0.274. The number of nitrogens with two attached hydrogens (primary N) is 1. The molecule has 2 atom stereocenters. The second kappa shape index (κ2) is 6.21. The SMILES string of the molecule is COc1ccccc1C(CN)N1CCCCC1C. The van der Waals surface area contributed by atoms with Gasteiger partial charge in [0, 0.05) is 18.2 Å². The summed E-state index contributed by atoms with van der Waals surface area (Å²) in [6.45, 7) is 4.09. The topological polar surface area (TPSA) is 38.5 Å². The van der Waals surface area contributed by atoms with Crippen LogP contribution in [-0.2, 0) is 0 Å². The van der Waals surface area contributed by atoms with Gasteiger partial charge >= 0.3 is 0 Å². The molecule has 2 rings (SSSR count). The average Bonchev–Trinajstić information content (AvgIpc) is 2.42. The lowest BCUT2D eigenvalue weighted by Gasteiger charge is -2.39. The van der Waals surface area contributed by atoms with Crippen LogP contribution >= 0.6 is 0 Å². The van der Waals surface area contributed by atoms with E-state index in [4.69, 9.17) is 10.5 Å². The lowest BCUT2D eigenvalue weighted by Crippen LogP contribution is -2.43. The van der Waals surface area contributed by atoms with Crippen molar-refractivity contribution in [1.29, 1.82) is 0 Å². The van der Waals surface area contributed by atoms with Gasteiger partial charge in [-0.15, -0.1) is 0 Å². The quantitative estimate of drug-likeness (QED) is 0.890. The molecule has 0 aliphatic carbocycles. The van der Waals surface area contributed by atoms with Gasteiger partial charge in [-0.25, -0.2) is 0 Å². The first-order valence-corrected chi connectivity index (χ1v) is 6.86. The zero-order chi connectivity index (χ0) is 13.0. The van der Waals surface area contributed by atoms with E-state index in [1.54, 1.807) is 7.11 Å². The zero-order valence-electron chi connectivity index (χ0n) is 11.4. The van der Waals surface area contributed by atoms with Crippen LogP contribution in [0, 0.1) is 0 Å². The summed E-state index contributed by atoms with van der Waals surface area (Å²) in [4.78, 5) is 2.53. The molecule has 2 N–H and O–H groups in total. The first-order valence-electron chi connectivity index (χ1n) is 6.86. The summed E-state index contributed by atoms with van der Waals surface area (Å²) in [6, 6.07) is 9.11. The Labute approximate surface area is 110 Å². The molecular weight excluding hydrogens is 224 g/mol. The molecule has 1 aliphatic rings. The molecule has 1 heterocycles. The monoisotopic (exact) mass is 248 g/mol. The van der Waals surface area contributed by atoms with Crippen molar-refractivity contribution < 1.29 is 4.74 Å². The molecule has 1 fully saturated rings. The van der Waals surface area contributed by atoms with Gasteiger partial charge in [0.15, 0.2) is 0 Å². The van der Waals surface area contributed by atoms with Crippen molar-refractivity contribution in [3.05, 3.63) is 29.8 Å². The third kappa shape index (κ3) is 2.68. The Kier molecular flexibility index (Phi) is 4.61. The predicted octanol–water partition coefficient (Wildman–Crippen LogP) is 2.57. The van der Waals surface area contributed by atoms with E-state index < -0.39 is 0 Å². The van der Waals surface area contributed by atoms with Crippen molar-refractivity contribution in [2.45, 2.75) is 38.3 Å². The maximum atomic E-state index is 6.02. The van der Waals surface area contributed by atoms with Crippen molar-refractivity contribution in [1.82, 2.24) is 4.90 Å². The van der Waals surface area contributed by atoms with Gasteiger partial charge in [-0.05, 0) is 32.4 Å². The van der Waals surface area contributed by atoms with E-state index in [1.807, 2.05) is 12.1 Å². The maximum absolute atomic E-state index is 6.02. The van der Waals surface area contributed by atoms with Crippen molar-refractivity contribution in [2.75, 3.05) is 20.2 Å². The molecule has 1 aliphatic heterocycles. The Morgan fingerprint density at radius 3 is 2.83 bits per heavy atom. The fourth-order valence-electron chi connectivity index (χ4n) is 2.97. The van der Waals surface area contributed by atoms with Crippen molar-refractivity contribution in [3.8, 4) is 5.75 Å². The fourth-order valence-corrected chi connectivity index (χ4v) is 2.97. The summed E-state index contributed by atoms with van der Waals surface area (Å²) in [5.74, 6) is 0.950. The summed E-state index contributed by atoms with van der Waals surface area (Å²) >= 11 is 0. The average molecular weight is 248 g/mol. The Balaban J connectivity index is 2.26. The number of rotatable bonds is 4. The molecular formula is C15H24N2O. The van der Waals surface area contributed by atoms with Gasteiger partial charge < -0.3 is 10.5 Å². The Hall–Kier alpha value is -1.06. The van der Waals surface area contributed by atoms with E-state index in [1.165, 1.54) is 24.8 Å². The van der Waals surface area contributed by atoms with Crippen LogP contribution in [0.5, 0.6) is 5.75 Å². The second-order valence-corrected chi connectivity index (χ2v) is 5.08. The number of para-hydroxylation sites is 1. The molecule has 0 radical (unpaired) electrons. The molecule has 1 aromatic rings. The predicted molar refractivity (Wildman–Crippen MR) is 74.8 cm³/mol. The molecule has 0 saturated carbocycles. The van der Waals surface area contributed by atoms with Crippen LogP contribution in [0.25, 0.3) is 0 Å². The van der Waals surface area contributed by atoms with Crippen LogP contribution < -0.4 is 10.5 Å².